The Hall–Kier alpha value is -3.74. The number of hydrogen-bond acceptors (Lipinski definition) is 7. The molecule has 0 aliphatic heterocycles. The quantitative estimate of drug-likeness (QED) is 0.605. The van der Waals surface area contributed by atoms with Crippen molar-refractivity contribution >= 4 is 16.9 Å². The number of pyridine rings is 2. The fraction of sp³-hybridized carbons (Fsp3) is 0.0526. The number of fused-ring (bicyclic) bond motifs is 1. The lowest BCUT2D eigenvalue weighted by Crippen LogP contribution is -1.95. The predicted molar refractivity (Wildman–Crippen MR) is 98.0 cm³/mol. The van der Waals surface area contributed by atoms with Crippen molar-refractivity contribution in [2.75, 3.05) is 12.8 Å². The van der Waals surface area contributed by atoms with Crippen LogP contribution in [0.3, 0.4) is 0 Å². The van der Waals surface area contributed by atoms with E-state index in [9.17, 15) is 0 Å². The van der Waals surface area contributed by atoms with Crippen LogP contribution in [0.25, 0.3) is 22.2 Å². The molecule has 0 saturated carbocycles. The normalized spacial score (nSPS) is 10.7. The van der Waals surface area contributed by atoms with Gasteiger partial charge in [0.15, 0.2) is 11.6 Å². The Kier molecular flexibility index (Phi) is 4.03. The fourth-order valence-corrected chi connectivity index (χ4v) is 2.60. The number of nitrogen functional groups attached to an aromatic ring is 1. The number of aromatic nitrogens is 4. The van der Waals surface area contributed by atoms with Crippen molar-refractivity contribution < 1.29 is 9.47 Å². The Labute approximate surface area is 149 Å². The second-order valence-corrected chi connectivity index (χ2v) is 5.51. The summed E-state index contributed by atoms with van der Waals surface area (Å²) in [6, 6.07) is 13.0. The van der Waals surface area contributed by atoms with E-state index < -0.39 is 0 Å². The van der Waals surface area contributed by atoms with E-state index >= 15 is 0 Å². The summed E-state index contributed by atoms with van der Waals surface area (Å²) >= 11 is 0. The minimum atomic E-state index is 0.388. The molecule has 0 fully saturated rings. The minimum Gasteiger partial charge on any atom is -0.495 e. The monoisotopic (exact) mass is 345 g/mol. The molecular weight excluding hydrogens is 330 g/mol. The number of ether oxygens (including phenoxy) is 2. The van der Waals surface area contributed by atoms with Crippen LogP contribution in [-0.4, -0.2) is 27.3 Å². The van der Waals surface area contributed by atoms with E-state index in [1.165, 1.54) is 0 Å². The number of hydrogen-bond donors (Lipinski definition) is 1. The van der Waals surface area contributed by atoms with Crippen LogP contribution >= 0.6 is 0 Å². The summed E-state index contributed by atoms with van der Waals surface area (Å²) in [5.74, 6) is 2.34. The highest BCUT2D eigenvalue weighted by atomic mass is 16.5. The molecule has 0 radical (unpaired) electrons. The number of nitrogens with two attached hydrogens (primary N) is 1. The summed E-state index contributed by atoms with van der Waals surface area (Å²) in [6.45, 7) is 0. The van der Waals surface area contributed by atoms with Crippen molar-refractivity contribution in [3.05, 3.63) is 61.1 Å². The SMILES string of the molecule is COc1cnc2c(Oc3ccc(-c4ccnnc4N)cc3)ccnc2c1. The topological polar surface area (TPSA) is 96.0 Å². The third-order valence-corrected chi connectivity index (χ3v) is 3.89. The molecule has 3 aromatic heterocycles. The van der Waals surface area contributed by atoms with Gasteiger partial charge in [-0.05, 0) is 23.8 Å². The molecule has 3 heterocycles. The highest BCUT2D eigenvalue weighted by Gasteiger charge is 2.08. The molecule has 0 bridgehead atoms. The highest BCUT2D eigenvalue weighted by molar-refractivity contribution is 5.81. The summed E-state index contributed by atoms with van der Waals surface area (Å²) in [7, 11) is 1.59. The maximum absolute atomic E-state index is 5.98. The molecule has 4 rings (SSSR count). The summed E-state index contributed by atoms with van der Waals surface area (Å²) in [5, 5.41) is 7.63. The van der Waals surface area contributed by atoms with Gasteiger partial charge in [-0.15, -0.1) is 5.10 Å². The first-order chi connectivity index (χ1) is 12.7. The van der Waals surface area contributed by atoms with Crippen LogP contribution in [0.2, 0.25) is 0 Å². The Balaban J connectivity index is 1.64. The molecule has 0 amide bonds. The van der Waals surface area contributed by atoms with Crippen molar-refractivity contribution in [2.45, 2.75) is 0 Å². The lowest BCUT2D eigenvalue weighted by Gasteiger charge is -2.10. The van der Waals surface area contributed by atoms with Crippen LogP contribution in [0.15, 0.2) is 61.1 Å². The average Bonchev–Trinajstić information content (AvgIpc) is 2.69. The average molecular weight is 345 g/mol. The summed E-state index contributed by atoms with van der Waals surface area (Å²) < 4.78 is 11.2. The smallest absolute Gasteiger partial charge is 0.156 e. The van der Waals surface area contributed by atoms with Gasteiger partial charge in [-0.3, -0.25) is 4.98 Å². The van der Waals surface area contributed by atoms with E-state index in [4.69, 9.17) is 15.2 Å². The van der Waals surface area contributed by atoms with Crippen LogP contribution in [0.5, 0.6) is 17.2 Å². The molecule has 128 valence electrons. The van der Waals surface area contributed by atoms with E-state index in [2.05, 4.69) is 20.2 Å². The zero-order chi connectivity index (χ0) is 17.9. The van der Waals surface area contributed by atoms with Crippen molar-refractivity contribution in [3.63, 3.8) is 0 Å². The second kappa shape index (κ2) is 6.64. The lowest BCUT2D eigenvalue weighted by molar-refractivity contribution is 0.413. The van der Waals surface area contributed by atoms with E-state index in [1.54, 1.807) is 31.8 Å². The fourth-order valence-electron chi connectivity index (χ4n) is 2.60. The summed E-state index contributed by atoms with van der Waals surface area (Å²) in [4.78, 5) is 8.69. The standard InChI is InChI=1S/C19H15N5O2/c1-25-14-10-16-18(22-11-14)17(7-8-21-16)26-13-4-2-12(3-5-13)15-6-9-23-24-19(15)20/h2-11H,1H3,(H2,20,24). The molecule has 7 heteroatoms. The Bertz CT molecular complexity index is 1070. The zero-order valence-electron chi connectivity index (χ0n) is 14.0. The van der Waals surface area contributed by atoms with Gasteiger partial charge in [0.1, 0.15) is 17.0 Å². The van der Waals surface area contributed by atoms with Crippen molar-refractivity contribution in [3.8, 4) is 28.4 Å². The van der Waals surface area contributed by atoms with Crippen molar-refractivity contribution in [2.24, 2.45) is 0 Å². The molecule has 26 heavy (non-hydrogen) atoms. The Morgan fingerprint density at radius 2 is 1.77 bits per heavy atom. The lowest BCUT2D eigenvalue weighted by atomic mass is 10.1. The summed E-state index contributed by atoms with van der Waals surface area (Å²) in [6.07, 6.45) is 4.93. The number of methoxy groups -OCH3 is 1. The number of benzene rings is 1. The second-order valence-electron chi connectivity index (χ2n) is 5.51. The summed E-state index contributed by atoms with van der Waals surface area (Å²) in [5.41, 5.74) is 9.00. The maximum Gasteiger partial charge on any atom is 0.156 e. The molecular formula is C19H15N5O2. The van der Waals surface area contributed by atoms with Crippen LogP contribution in [-0.2, 0) is 0 Å². The number of anilines is 1. The molecule has 2 N–H and O–H groups in total. The molecule has 4 aromatic rings. The van der Waals surface area contributed by atoms with Crippen LogP contribution in [0.4, 0.5) is 5.82 Å². The maximum atomic E-state index is 5.98. The number of nitrogens with zero attached hydrogens (tertiary/aromatic N) is 4. The molecule has 0 saturated heterocycles. The largest absolute Gasteiger partial charge is 0.495 e. The zero-order valence-corrected chi connectivity index (χ0v) is 14.0. The molecule has 0 atom stereocenters. The predicted octanol–water partition coefficient (Wildman–Crippen LogP) is 3.47. The van der Waals surface area contributed by atoms with Crippen LogP contribution in [0, 0.1) is 0 Å². The van der Waals surface area contributed by atoms with Crippen molar-refractivity contribution in [1.29, 1.82) is 0 Å². The first-order valence-corrected chi connectivity index (χ1v) is 7.89. The molecule has 0 aliphatic rings. The highest BCUT2D eigenvalue weighted by Crippen LogP contribution is 2.31. The van der Waals surface area contributed by atoms with Gasteiger partial charge in [-0.2, -0.15) is 5.10 Å². The van der Waals surface area contributed by atoms with Crippen LogP contribution in [0.1, 0.15) is 0 Å². The minimum absolute atomic E-state index is 0.388. The van der Waals surface area contributed by atoms with E-state index in [0.29, 0.717) is 34.1 Å². The first kappa shape index (κ1) is 15.8. The third-order valence-electron chi connectivity index (χ3n) is 3.89. The molecule has 0 spiro atoms. The van der Waals surface area contributed by atoms with E-state index in [-0.39, 0.29) is 0 Å². The van der Waals surface area contributed by atoms with Crippen LogP contribution < -0.4 is 15.2 Å². The molecule has 0 unspecified atom stereocenters. The third kappa shape index (κ3) is 2.98. The van der Waals surface area contributed by atoms with Gasteiger partial charge in [0.2, 0.25) is 0 Å². The molecule has 1 aromatic carbocycles. The van der Waals surface area contributed by atoms with Gasteiger partial charge in [-0.1, -0.05) is 12.1 Å². The van der Waals surface area contributed by atoms with Crippen molar-refractivity contribution in [1.82, 2.24) is 20.2 Å². The van der Waals surface area contributed by atoms with Gasteiger partial charge in [-0.25, -0.2) is 4.98 Å². The van der Waals surface area contributed by atoms with Gasteiger partial charge in [0.05, 0.1) is 25.0 Å². The van der Waals surface area contributed by atoms with Gasteiger partial charge in [0, 0.05) is 23.9 Å². The molecule has 7 nitrogen and oxygen atoms in total. The Morgan fingerprint density at radius 3 is 2.54 bits per heavy atom. The van der Waals surface area contributed by atoms with Gasteiger partial charge < -0.3 is 15.2 Å². The van der Waals surface area contributed by atoms with E-state index in [0.717, 1.165) is 11.1 Å². The van der Waals surface area contributed by atoms with E-state index in [1.807, 2.05) is 36.4 Å². The van der Waals surface area contributed by atoms with Gasteiger partial charge >= 0.3 is 0 Å². The Morgan fingerprint density at radius 1 is 0.923 bits per heavy atom. The van der Waals surface area contributed by atoms with Gasteiger partial charge in [0.25, 0.3) is 0 Å². The molecule has 0 aliphatic carbocycles. The number of rotatable bonds is 4. The first-order valence-electron chi connectivity index (χ1n) is 7.89.